The van der Waals surface area contributed by atoms with E-state index in [1.54, 1.807) is 0 Å². The van der Waals surface area contributed by atoms with Crippen molar-refractivity contribution in [2.45, 2.75) is 19.3 Å². The normalized spacial score (nSPS) is 14.3. The van der Waals surface area contributed by atoms with E-state index in [0.717, 1.165) is 24.3 Å². The van der Waals surface area contributed by atoms with Crippen LogP contribution in [0, 0.1) is 0 Å². The molecule has 0 unspecified atom stereocenters. The van der Waals surface area contributed by atoms with E-state index >= 15 is 0 Å². The molecule has 3 heteroatoms. The van der Waals surface area contributed by atoms with Gasteiger partial charge in [-0.2, -0.15) is 0 Å². The first-order valence-electron chi connectivity index (χ1n) is 4.69. The Bertz CT molecular complexity index is 331. The average molecular weight is 178 g/mol. The maximum Gasteiger partial charge on any atom is 0.276 e. The molecule has 0 bridgehead atoms. The van der Waals surface area contributed by atoms with Gasteiger partial charge in [-0.05, 0) is 12.8 Å². The van der Waals surface area contributed by atoms with Crippen LogP contribution in [0.15, 0.2) is 6.07 Å². The Balaban J connectivity index is 2.49. The van der Waals surface area contributed by atoms with Crippen LogP contribution in [0.25, 0.3) is 0 Å². The minimum Gasteiger partial charge on any atom is -0.398 e. The highest BCUT2D eigenvalue weighted by molar-refractivity contribution is 5.54. The lowest BCUT2D eigenvalue weighted by Crippen LogP contribution is -2.24. The van der Waals surface area contributed by atoms with Crippen LogP contribution >= 0.6 is 0 Å². The third kappa shape index (κ3) is 1.34. The lowest BCUT2D eigenvalue weighted by atomic mass is 10.2. The second-order valence-electron chi connectivity index (χ2n) is 3.82. The van der Waals surface area contributed by atoms with Crippen molar-refractivity contribution in [2.75, 3.05) is 24.7 Å². The van der Waals surface area contributed by atoms with Gasteiger partial charge in [0.25, 0.3) is 5.82 Å². The zero-order valence-electron chi connectivity index (χ0n) is 8.22. The summed E-state index contributed by atoms with van der Waals surface area (Å²) in [5.74, 6) is 1.10. The summed E-state index contributed by atoms with van der Waals surface area (Å²) in [6, 6.07) is 2.02. The molecule has 0 aliphatic heterocycles. The Hall–Kier alpha value is -1.25. The second-order valence-corrected chi connectivity index (χ2v) is 3.82. The molecular weight excluding hydrogens is 162 g/mol. The third-order valence-electron chi connectivity index (χ3n) is 2.62. The van der Waals surface area contributed by atoms with Crippen LogP contribution in [-0.4, -0.2) is 14.1 Å². The molecule has 70 valence electrons. The number of rotatable bonds is 1. The molecule has 1 heterocycles. The topological polar surface area (TPSA) is 43.4 Å². The summed E-state index contributed by atoms with van der Waals surface area (Å²) in [6.07, 6.45) is 3.50. The van der Waals surface area contributed by atoms with Gasteiger partial charge in [0.15, 0.2) is 0 Å². The fourth-order valence-corrected chi connectivity index (χ4v) is 1.87. The highest BCUT2D eigenvalue weighted by Gasteiger charge is 2.20. The number of aromatic amines is 1. The lowest BCUT2D eigenvalue weighted by molar-refractivity contribution is -0.375. The van der Waals surface area contributed by atoms with Gasteiger partial charge in [0, 0.05) is 17.7 Å². The molecule has 13 heavy (non-hydrogen) atoms. The van der Waals surface area contributed by atoms with Gasteiger partial charge in [-0.15, -0.1) is 0 Å². The molecule has 0 atom stereocenters. The van der Waals surface area contributed by atoms with E-state index in [4.69, 9.17) is 5.73 Å². The maximum atomic E-state index is 5.96. The Morgan fingerprint density at radius 1 is 1.38 bits per heavy atom. The monoisotopic (exact) mass is 178 g/mol. The van der Waals surface area contributed by atoms with E-state index in [9.17, 15) is 0 Å². The number of aryl methyl sites for hydroxylation is 1. The number of H-pyrrole nitrogens is 1. The van der Waals surface area contributed by atoms with E-state index < -0.39 is 0 Å². The summed E-state index contributed by atoms with van der Waals surface area (Å²) >= 11 is 0. The zero-order valence-corrected chi connectivity index (χ0v) is 8.22. The number of hydrogen-bond acceptors (Lipinski definition) is 2. The average Bonchev–Trinajstić information content (AvgIpc) is 2.51. The number of pyridine rings is 1. The molecule has 3 N–H and O–H groups in total. The summed E-state index contributed by atoms with van der Waals surface area (Å²) in [4.78, 5) is 5.46. The van der Waals surface area contributed by atoms with E-state index in [1.165, 1.54) is 17.7 Å². The molecule has 1 aliphatic rings. The van der Waals surface area contributed by atoms with Crippen LogP contribution in [0.4, 0.5) is 11.5 Å². The van der Waals surface area contributed by atoms with Crippen molar-refractivity contribution in [1.82, 2.24) is 0 Å². The Labute approximate surface area is 78.6 Å². The molecule has 0 fully saturated rings. The summed E-state index contributed by atoms with van der Waals surface area (Å²) in [5.41, 5.74) is 9.55. The standard InChI is InChI=1S/C10H15N3/c1-13(2)10-6-8(11)7-4-3-5-9(7)12-10/h6H,3-5H2,1-2H3,(H2,11,12)/p+1. The fraction of sp³-hybridized carbons (Fsp3) is 0.500. The molecule has 1 aromatic heterocycles. The molecular formula is C10H16N3+. The van der Waals surface area contributed by atoms with Gasteiger partial charge in [0.05, 0.1) is 20.2 Å². The minimum atomic E-state index is 0.940. The lowest BCUT2D eigenvalue weighted by Gasteiger charge is -2.07. The summed E-state index contributed by atoms with van der Waals surface area (Å²) < 4.78 is 0. The summed E-state index contributed by atoms with van der Waals surface area (Å²) in [6.45, 7) is 0. The van der Waals surface area contributed by atoms with Crippen molar-refractivity contribution in [3.05, 3.63) is 17.3 Å². The van der Waals surface area contributed by atoms with Crippen molar-refractivity contribution in [2.24, 2.45) is 0 Å². The van der Waals surface area contributed by atoms with Crippen molar-refractivity contribution >= 4 is 11.5 Å². The Morgan fingerprint density at radius 2 is 2.15 bits per heavy atom. The van der Waals surface area contributed by atoms with E-state index in [2.05, 4.69) is 9.88 Å². The number of fused-ring (bicyclic) bond motifs is 1. The third-order valence-corrected chi connectivity index (χ3v) is 2.62. The van der Waals surface area contributed by atoms with Gasteiger partial charge < -0.3 is 5.73 Å². The number of aromatic nitrogens is 1. The van der Waals surface area contributed by atoms with Crippen LogP contribution < -0.4 is 15.6 Å². The molecule has 0 amide bonds. The van der Waals surface area contributed by atoms with Crippen LogP contribution in [0.1, 0.15) is 17.7 Å². The molecule has 1 aliphatic carbocycles. The van der Waals surface area contributed by atoms with Crippen LogP contribution in [0.3, 0.4) is 0 Å². The van der Waals surface area contributed by atoms with Crippen LogP contribution in [0.5, 0.6) is 0 Å². The van der Waals surface area contributed by atoms with Crippen LogP contribution in [0.2, 0.25) is 0 Å². The van der Waals surface area contributed by atoms with Crippen molar-refractivity contribution in [1.29, 1.82) is 0 Å². The predicted octanol–water partition coefficient (Wildman–Crippen LogP) is 0.638. The van der Waals surface area contributed by atoms with Gasteiger partial charge in [-0.25, -0.2) is 4.98 Å². The molecule has 1 aromatic rings. The molecule has 0 radical (unpaired) electrons. The molecule has 0 aromatic carbocycles. The Morgan fingerprint density at radius 3 is 2.85 bits per heavy atom. The first-order chi connectivity index (χ1) is 6.18. The molecule has 3 nitrogen and oxygen atoms in total. The minimum absolute atomic E-state index is 0.940. The van der Waals surface area contributed by atoms with Crippen molar-refractivity contribution in [3.8, 4) is 0 Å². The van der Waals surface area contributed by atoms with E-state index in [1.807, 2.05) is 20.2 Å². The number of nitrogens with zero attached hydrogens (tertiary/aromatic N) is 1. The summed E-state index contributed by atoms with van der Waals surface area (Å²) in [7, 11) is 4.04. The number of anilines is 2. The summed E-state index contributed by atoms with van der Waals surface area (Å²) in [5, 5.41) is 0. The second kappa shape index (κ2) is 2.91. The smallest absolute Gasteiger partial charge is 0.276 e. The van der Waals surface area contributed by atoms with Gasteiger partial charge in [0.1, 0.15) is 5.69 Å². The van der Waals surface area contributed by atoms with E-state index in [-0.39, 0.29) is 0 Å². The quantitative estimate of drug-likeness (QED) is 0.685. The molecule has 0 saturated heterocycles. The van der Waals surface area contributed by atoms with Crippen LogP contribution in [-0.2, 0) is 12.8 Å². The van der Waals surface area contributed by atoms with Crippen molar-refractivity contribution in [3.63, 3.8) is 0 Å². The van der Waals surface area contributed by atoms with Gasteiger partial charge in [-0.3, -0.25) is 4.90 Å². The fourth-order valence-electron chi connectivity index (χ4n) is 1.87. The maximum absolute atomic E-state index is 5.96. The predicted molar refractivity (Wildman–Crippen MR) is 53.8 cm³/mol. The number of nitrogen functional groups attached to an aromatic ring is 1. The molecule has 2 rings (SSSR count). The zero-order chi connectivity index (χ0) is 9.42. The highest BCUT2D eigenvalue weighted by Crippen LogP contribution is 2.25. The molecule has 0 saturated carbocycles. The van der Waals surface area contributed by atoms with Gasteiger partial charge in [0.2, 0.25) is 0 Å². The highest BCUT2D eigenvalue weighted by atomic mass is 15.1. The van der Waals surface area contributed by atoms with Gasteiger partial charge in [-0.1, -0.05) is 0 Å². The first-order valence-corrected chi connectivity index (χ1v) is 4.69. The van der Waals surface area contributed by atoms with Crippen molar-refractivity contribution < 1.29 is 4.98 Å². The first kappa shape index (κ1) is 8.35. The van der Waals surface area contributed by atoms with Gasteiger partial charge >= 0.3 is 0 Å². The molecule has 0 spiro atoms. The number of nitrogens with one attached hydrogen (secondary N) is 1. The van der Waals surface area contributed by atoms with E-state index in [0.29, 0.717) is 0 Å². The SMILES string of the molecule is CN(C)c1cc(N)c2c([nH+]1)CCC2. The Kier molecular flexibility index (Phi) is 1.87. The largest absolute Gasteiger partial charge is 0.398 e. The number of nitrogens with two attached hydrogens (primary N) is 1. The number of hydrogen-bond donors (Lipinski definition) is 1.